The molecule has 27 heavy (non-hydrogen) atoms. The Balaban J connectivity index is 1.65. The molecule has 0 spiro atoms. The normalized spacial score (nSPS) is 14.3. The first-order valence-corrected chi connectivity index (χ1v) is 8.32. The molecule has 4 rings (SSSR count). The smallest absolute Gasteiger partial charge is 0.368 e. The van der Waals surface area contributed by atoms with E-state index < -0.39 is 11.7 Å². The molecule has 0 atom stereocenters. The number of nitrogens with zero attached hydrogens (tertiary/aromatic N) is 4. The van der Waals surface area contributed by atoms with Crippen molar-refractivity contribution in [2.24, 2.45) is 0 Å². The molecular formula is C18H16F3N5O. The molecule has 0 bridgehead atoms. The van der Waals surface area contributed by atoms with Crippen LogP contribution in [0.25, 0.3) is 11.3 Å². The number of nitrogen functional groups attached to an aromatic ring is 1. The van der Waals surface area contributed by atoms with Crippen LogP contribution < -0.4 is 10.6 Å². The fourth-order valence-corrected chi connectivity index (χ4v) is 3.19. The number of halogens is 3. The Morgan fingerprint density at radius 3 is 2.56 bits per heavy atom. The van der Waals surface area contributed by atoms with Gasteiger partial charge in [0.05, 0.1) is 12.1 Å². The first kappa shape index (κ1) is 17.3. The molecule has 0 radical (unpaired) electrons. The summed E-state index contributed by atoms with van der Waals surface area (Å²) >= 11 is 0. The van der Waals surface area contributed by atoms with Crippen molar-refractivity contribution < 1.29 is 17.7 Å². The van der Waals surface area contributed by atoms with Gasteiger partial charge in [0.15, 0.2) is 0 Å². The molecule has 0 fully saturated rings. The number of alkyl halides is 3. The van der Waals surface area contributed by atoms with Crippen molar-refractivity contribution in [3.63, 3.8) is 0 Å². The lowest BCUT2D eigenvalue weighted by molar-refractivity contribution is -0.137. The summed E-state index contributed by atoms with van der Waals surface area (Å²) in [6.45, 7) is 2.99. The lowest BCUT2D eigenvalue weighted by Crippen LogP contribution is -2.31. The number of aromatic nitrogens is 3. The molecule has 2 aromatic heterocycles. The van der Waals surface area contributed by atoms with E-state index in [9.17, 15) is 13.2 Å². The standard InChI is InChI=1S/C18H16F3N5O/c1-10-8-15(24-17(22)23-10)26-7-6-14-13(9-26)16(25-27-14)11-2-4-12(5-3-11)18(19,20)21/h2-5,8H,6-7,9H2,1H3,(H2,22,23,24). The zero-order chi connectivity index (χ0) is 19.2. The zero-order valence-electron chi connectivity index (χ0n) is 14.4. The van der Waals surface area contributed by atoms with Crippen LogP contribution >= 0.6 is 0 Å². The predicted octanol–water partition coefficient (Wildman–Crippen LogP) is 3.60. The van der Waals surface area contributed by atoms with Gasteiger partial charge in [-0.2, -0.15) is 18.2 Å². The molecule has 1 aliphatic heterocycles. The Kier molecular flexibility index (Phi) is 4.01. The fourth-order valence-electron chi connectivity index (χ4n) is 3.19. The van der Waals surface area contributed by atoms with Crippen molar-refractivity contribution in [2.45, 2.75) is 26.1 Å². The van der Waals surface area contributed by atoms with Gasteiger partial charge in [0.1, 0.15) is 17.3 Å². The molecule has 0 saturated heterocycles. The molecule has 9 heteroatoms. The quantitative estimate of drug-likeness (QED) is 0.737. The van der Waals surface area contributed by atoms with E-state index in [-0.39, 0.29) is 5.95 Å². The summed E-state index contributed by atoms with van der Waals surface area (Å²) in [5, 5.41) is 4.08. The highest BCUT2D eigenvalue weighted by Crippen LogP contribution is 2.34. The second kappa shape index (κ2) is 6.26. The lowest BCUT2D eigenvalue weighted by atomic mass is 10.0. The van der Waals surface area contributed by atoms with Crippen LogP contribution in [-0.2, 0) is 19.1 Å². The number of fused-ring (bicyclic) bond motifs is 1. The van der Waals surface area contributed by atoms with Gasteiger partial charge in [0, 0.05) is 35.9 Å². The third-order valence-electron chi connectivity index (χ3n) is 4.49. The average molecular weight is 375 g/mol. The molecule has 0 saturated carbocycles. The molecule has 1 aliphatic rings. The molecule has 3 aromatic rings. The minimum absolute atomic E-state index is 0.198. The molecule has 0 amide bonds. The van der Waals surface area contributed by atoms with E-state index >= 15 is 0 Å². The van der Waals surface area contributed by atoms with Gasteiger partial charge in [-0.05, 0) is 19.1 Å². The maximum absolute atomic E-state index is 12.8. The van der Waals surface area contributed by atoms with E-state index in [1.54, 1.807) is 0 Å². The largest absolute Gasteiger partial charge is 0.416 e. The van der Waals surface area contributed by atoms with Crippen LogP contribution in [0.15, 0.2) is 34.9 Å². The Morgan fingerprint density at radius 1 is 1.15 bits per heavy atom. The first-order valence-electron chi connectivity index (χ1n) is 8.32. The molecule has 0 aliphatic carbocycles. The Morgan fingerprint density at radius 2 is 1.89 bits per heavy atom. The molecular weight excluding hydrogens is 359 g/mol. The van der Waals surface area contributed by atoms with Crippen molar-refractivity contribution in [2.75, 3.05) is 17.2 Å². The van der Waals surface area contributed by atoms with Crippen LogP contribution in [0.1, 0.15) is 22.6 Å². The number of benzene rings is 1. The molecule has 3 heterocycles. The van der Waals surface area contributed by atoms with Crippen molar-refractivity contribution in [3.05, 3.63) is 52.9 Å². The number of hydrogen-bond acceptors (Lipinski definition) is 6. The topological polar surface area (TPSA) is 81.1 Å². The summed E-state index contributed by atoms with van der Waals surface area (Å²) in [6.07, 6.45) is -3.75. The van der Waals surface area contributed by atoms with E-state index in [4.69, 9.17) is 10.3 Å². The van der Waals surface area contributed by atoms with Gasteiger partial charge in [0.2, 0.25) is 5.95 Å². The van der Waals surface area contributed by atoms with Crippen molar-refractivity contribution in [1.29, 1.82) is 0 Å². The fraction of sp³-hybridized carbons (Fsp3) is 0.278. The number of aryl methyl sites for hydroxylation is 1. The summed E-state index contributed by atoms with van der Waals surface area (Å²) in [6, 6.07) is 6.75. The van der Waals surface area contributed by atoms with Crippen LogP contribution in [0.2, 0.25) is 0 Å². The number of hydrogen-bond donors (Lipinski definition) is 1. The van der Waals surface area contributed by atoms with E-state index in [0.717, 1.165) is 29.2 Å². The molecule has 140 valence electrons. The van der Waals surface area contributed by atoms with Gasteiger partial charge < -0.3 is 15.2 Å². The monoisotopic (exact) mass is 375 g/mol. The lowest BCUT2D eigenvalue weighted by Gasteiger charge is -2.27. The van der Waals surface area contributed by atoms with E-state index in [2.05, 4.69) is 15.1 Å². The number of anilines is 2. The summed E-state index contributed by atoms with van der Waals surface area (Å²) in [7, 11) is 0. The molecule has 2 N–H and O–H groups in total. The third-order valence-corrected chi connectivity index (χ3v) is 4.49. The molecule has 1 aromatic carbocycles. The summed E-state index contributed by atoms with van der Waals surface area (Å²) in [4.78, 5) is 10.4. The van der Waals surface area contributed by atoms with Crippen LogP contribution in [0.3, 0.4) is 0 Å². The average Bonchev–Trinajstić information content (AvgIpc) is 3.03. The SMILES string of the molecule is Cc1cc(N2CCc3onc(-c4ccc(C(F)(F)F)cc4)c3C2)nc(N)n1. The van der Waals surface area contributed by atoms with Gasteiger partial charge >= 0.3 is 6.18 Å². The highest BCUT2D eigenvalue weighted by atomic mass is 19.4. The van der Waals surface area contributed by atoms with Gasteiger partial charge in [-0.25, -0.2) is 4.98 Å². The predicted molar refractivity (Wildman–Crippen MR) is 92.9 cm³/mol. The highest BCUT2D eigenvalue weighted by Gasteiger charge is 2.31. The molecule has 0 unspecified atom stereocenters. The Bertz CT molecular complexity index is 961. The van der Waals surface area contributed by atoms with Crippen molar-refractivity contribution >= 4 is 11.8 Å². The van der Waals surface area contributed by atoms with Crippen molar-refractivity contribution in [3.8, 4) is 11.3 Å². The number of rotatable bonds is 2. The Labute approximate surface area is 152 Å². The minimum atomic E-state index is -4.37. The minimum Gasteiger partial charge on any atom is -0.368 e. The Hall–Kier alpha value is -3.10. The van der Waals surface area contributed by atoms with Gasteiger partial charge in [0.25, 0.3) is 0 Å². The van der Waals surface area contributed by atoms with Gasteiger partial charge in [-0.3, -0.25) is 0 Å². The van der Waals surface area contributed by atoms with Crippen LogP contribution in [0.5, 0.6) is 0 Å². The van der Waals surface area contributed by atoms with E-state index in [1.807, 2.05) is 17.9 Å². The maximum atomic E-state index is 12.8. The van der Waals surface area contributed by atoms with E-state index in [1.165, 1.54) is 12.1 Å². The zero-order valence-corrected chi connectivity index (χ0v) is 14.4. The summed E-state index contributed by atoms with van der Waals surface area (Å²) < 4.78 is 43.7. The summed E-state index contributed by atoms with van der Waals surface area (Å²) in [5.41, 5.74) is 7.77. The second-order valence-corrected chi connectivity index (χ2v) is 6.41. The van der Waals surface area contributed by atoms with E-state index in [0.29, 0.717) is 36.6 Å². The van der Waals surface area contributed by atoms with Gasteiger partial charge in [-0.15, -0.1) is 0 Å². The van der Waals surface area contributed by atoms with Gasteiger partial charge in [-0.1, -0.05) is 17.3 Å². The maximum Gasteiger partial charge on any atom is 0.416 e. The molecule has 6 nitrogen and oxygen atoms in total. The third kappa shape index (κ3) is 3.32. The van der Waals surface area contributed by atoms with Crippen LogP contribution in [-0.4, -0.2) is 21.7 Å². The highest BCUT2D eigenvalue weighted by molar-refractivity contribution is 5.65. The van der Waals surface area contributed by atoms with Crippen LogP contribution in [0, 0.1) is 6.92 Å². The second-order valence-electron chi connectivity index (χ2n) is 6.41. The van der Waals surface area contributed by atoms with Crippen LogP contribution in [0.4, 0.5) is 24.9 Å². The summed E-state index contributed by atoms with van der Waals surface area (Å²) in [5.74, 6) is 1.63. The number of nitrogens with two attached hydrogens (primary N) is 1. The van der Waals surface area contributed by atoms with Crippen molar-refractivity contribution in [1.82, 2.24) is 15.1 Å². The first-order chi connectivity index (χ1) is 12.8.